The minimum Gasteiger partial charge on any atom is -0.457 e. The van der Waals surface area contributed by atoms with Gasteiger partial charge in [0.05, 0.1) is 12.5 Å². The van der Waals surface area contributed by atoms with Crippen molar-refractivity contribution in [2.24, 2.45) is 5.92 Å². The van der Waals surface area contributed by atoms with Gasteiger partial charge in [0.15, 0.2) is 0 Å². The average molecular weight is 300 g/mol. The molecule has 1 aromatic carbocycles. The van der Waals surface area contributed by atoms with Crippen LogP contribution in [0.15, 0.2) is 36.4 Å². The van der Waals surface area contributed by atoms with Crippen LogP contribution in [0.4, 0.5) is 0 Å². The molecule has 3 heteroatoms. The Kier molecular flexibility index (Phi) is 4.94. The molecule has 1 saturated carbocycles. The van der Waals surface area contributed by atoms with Crippen molar-refractivity contribution >= 4 is 11.5 Å². The molecule has 2 fully saturated rings. The molecule has 22 heavy (non-hydrogen) atoms. The van der Waals surface area contributed by atoms with Gasteiger partial charge in [-0.1, -0.05) is 55.7 Å². The highest BCUT2D eigenvalue weighted by Crippen LogP contribution is 2.33. The number of esters is 1. The Bertz CT molecular complexity index is 529. The number of hydrogen-bond acceptors (Lipinski definition) is 3. The minimum absolute atomic E-state index is 0.113. The highest BCUT2D eigenvalue weighted by Gasteiger charge is 2.31. The lowest BCUT2D eigenvalue weighted by Gasteiger charge is -2.29. The average Bonchev–Trinajstić information content (AvgIpc) is 2.53. The van der Waals surface area contributed by atoms with Crippen LogP contribution in [0, 0.1) is 5.92 Å². The Morgan fingerprint density at radius 1 is 1.14 bits per heavy atom. The number of cyclic esters (lactones) is 1. The summed E-state index contributed by atoms with van der Waals surface area (Å²) in [7, 11) is 0. The van der Waals surface area contributed by atoms with Crippen molar-refractivity contribution < 1.29 is 14.6 Å². The van der Waals surface area contributed by atoms with Crippen LogP contribution in [0.2, 0.25) is 0 Å². The van der Waals surface area contributed by atoms with Crippen molar-refractivity contribution in [1.29, 1.82) is 0 Å². The van der Waals surface area contributed by atoms with E-state index in [1.165, 1.54) is 32.1 Å². The summed E-state index contributed by atoms with van der Waals surface area (Å²) in [6, 6.07) is 10.1. The van der Waals surface area contributed by atoms with Crippen molar-refractivity contribution in [2.75, 3.05) is 0 Å². The van der Waals surface area contributed by atoms with Crippen molar-refractivity contribution in [3.8, 4) is 0 Å². The Hall–Kier alpha value is -1.61. The number of allylic oxidation sites excluding steroid dienone is 1. The maximum absolute atomic E-state index is 11.7. The van der Waals surface area contributed by atoms with Crippen molar-refractivity contribution in [3.05, 3.63) is 42.0 Å². The molecule has 3 rings (SSSR count). The number of rotatable bonds is 3. The summed E-state index contributed by atoms with van der Waals surface area (Å²) in [4.78, 5) is 11.7. The SMILES string of the molecule is O=C1CC(O)CC(C(=CC2CCCCC2)c2ccccc2)O1. The van der Waals surface area contributed by atoms with Crippen LogP contribution in [0.5, 0.6) is 0 Å². The van der Waals surface area contributed by atoms with Gasteiger partial charge in [-0.3, -0.25) is 4.79 Å². The molecule has 1 N–H and O–H groups in total. The summed E-state index contributed by atoms with van der Waals surface area (Å²) in [6.45, 7) is 0. The van der Waals surface area contributed by atoms with Gasteiger partial charge in [-0.2, -0.15) is 0 Å². The van der Waals surface area contributed by atoms with E-state index in [2.05, 4.69) is 18.2 Å². The number of hydrogen-bond donors (Lipinski definition) is 1. The van der Waals surface area contributed by atoms with Crippen LogP contribution in [0.1, 0.15) is 50.5 Å². The van der Waals surface area contributed by atoms with Crippen LogP contribution in [-0.2, 0) is 9.53 Å². The number of aliphatic hydroxyl groups excluding tert-OH is 1. The van der Waals surface area contributed by atoms with Gasteiger partial charge < -0.3 is 9.84 Å². The van der Waals surface area contributed by atoms with Gasteiger partial charge in [0.1, 0.15) is 6.10 Å². The van der Waals surface area contributed by atoms with E-state index in [1.807, 2.05) is 18.2 Å². The van der Waals surface area contributed by atoms with Gasteiger partial charge in [-0.15, -0.1) is 0 Å². The van der Waals surface area contributed by atoms with Crippen molar-refractivity contribution in [3.63, 3.8) is 0 Å². The summed E-state index contributed by atoms with van der Waals surface area (Å²) in [6.07, 6.45) is 8.28. The molecule has 0 amide bonds. The van der Waals surface area contributed by atoms with Gasteiger partial charge in [0, 0.05) is 6.42 Å². The second-order valence-electron chi connectivity index (χ2n) is 6.46. The van der Waals surface area contributed by atoms with Gasteiger partial charge >= 0.3 is 5.97 Å². The summed E-state index contributed by atoms with van der Waals surface area (Å²) in [5.74, 6) is 0.260. The third-order valence-corrected chi connectivity index (χ3v) is 4.68. The van der Waals surface area contributed by atoms with Crippen LogP contribution < -0.4 is 0 Å². The third-order valence-electron chi connectivity index (χ3n) is 4.68. The zero-order valence-electron chi connectivity index (χ0n) is 12.9. The Morgan fingerprint density at radius 2 is 1.86 bits per heavy atom. The predicted molar refractivity (Wildman–Crippen MR) is 86.1 cm³/mol. The van der Waals surface area contributed by atoms with Gasteiger partial charge in [0.25, 0.3) is 0 Å². The maximum atomic E-state index is 11.7. The number of aliphatic hydroxyl groups is 1. The molecule has 1 saturated heterocycles. The van der Waals surface area contributed by atoms with E-state index >= 15 is 0 Å². The van der Waals surface area contributed by atoms with Crippen LogP contribution in [-0.4, -0.2) is 23.3 Å². The van der Waals surface area contributed by atoms with Crippen LogP contribution in [0.3, 0.4) is 0 Å². The second kappa shape index (κ2) is 7.10. The molecule has 2 aliphatic rings. The summed E-state index contributed by atoms with van der Waals surface area (Å²) < 4.78 is 5.55. The molecular weight excluding hydrogens is 276 g/mol. The van der Waals surface area contributed by atoms with Gasteiger partial charge in [-0.25, -0.2) is 0 Å². The molecule has 1 aromatic rings. The zero-order chi connectivity index (χ0) is 15.4. The highest BCUT2D eigenvalue weighted by atomic mass is 16.5. The van der Waals surface area contributed by atoms with E-state index in [0.717, 1.165) is 11.1 Å². The molecule has 0 bridgehead atoms. The first-order valence-electron chi connectivity index (χ1n) is 8.37. The number of ether oxygens (including phenoxy) is 1. The molecule has 2 unspecified atom stereocenters. The lowest BCUT2D eigenvalue weighted by Crippen LogP contribution is -2.33. The van der Waals surface area contributed by atoms with Gasteiger partial charge in [0.2, 0.25) is 0 Å². The topological polar surface area (TPSA) is 46.5 Å². The first kappa shape index (κ1) is 15.3. The van der Waals surface area contributed by atoms with Crippen LogP contribution in [0.25, 0.3) is 5.57 Å². The molecule has 2 atom stereocenters. The molecule has 0 radical (unpaired) electrons. The van der Waals surface area contributed by atoms with E-state index in [-0.39, 0.29) is 18.5 Å². The molecule has 1 aliphatic carbocycles. The zero-order valence-corrected chi connectivity index (χ0v) is 12.9. The standard InChI is InChI=1S/C19H24O3/c20-16-12-18(22-19(21)13-16)17(15-9-5-2-6-10-15)11-14-7-3-1-4-8-14/h2,5-6,9-11,14,16,18,20H,1,3-4,7-8,12-13H2. The molecule has 118 valence electrons. The van der Waals surface area contributed by atoms with E-state index in [0.29, 0.717) is 12.3 Å². The van der Waals surface area contributed by atoms with E-state index < -0.39 is 6.10 Å². The fourth-order valence-electron chi connectivity index (χ4n) is 3.54. The second-order valence-corrected chi connectivity index (χ2v) is 6.46. The van der Waals surface area contributed by atoms with Crippen LogP contribution >= 0.6 is 0 Å². The van der Waals surface area contributed by atoms with E-state index in [9.17, 15) is 9.90 Å². The van der Waals surface area contributed by atoms with Crippen molar-refractivity contribution in [1.82, 2.24) is 0 Å². The predicted octanol–water partition coefficient (Wildman–Crippen LogP) is 3.72. The number of carbonyl (C=O) groups is 1. The Labute approximate surface area is 132 Å². The highest BCUT2D eigenvalue weighted by molar-refractivity contribution is 5.76. The fraction of sp³-hybridized carbons (Fsp3) is 0.526. The monoisotopic (exact) mass is 300 g/mol. The molecular formula is C19H24O3. The maximum Gasteiger partial charge on any atom is 0.309 e. The summed E-state index contributed by atoms with van der Waals surface area (Å²) >= 11 is 0. The Morgan fingerprint density at radius 3 is 2.55 bits per heavy atom. The third kappa shape index (κ3) is 3.77. The minimum atomic E-state index is -0.593. The first-order valence-corrected chi connectivity index (χ1v) is 8.37. The molecule has 1 aliphatic heterocycles. The number of carbonyl (C=O) groups excluding carboxylic acids is 1. The number of benzene rings is 1. The summed E-state index contributed by atoms with van der Waals surface area (Å²) in [5, 5.41) is 9.92. The molecule has 1 heterocycles. The largest absolute Gasteiger partial charge is 0.457 e. The molecule has 0 aromatic heterocycles. The fourth-order valence-corrected chi connectivity index (χ4v) is 3.54. The van der Waals surface area contributed by atoms with Gasteiger partial charge in [-0.05, 0) is 29.9 Å². The lowest BCUT2D eigenvalue weighted by atomic mass is 9.84. The lowest BCUT2D eigenvalue weighted by molar-refractivity contribution is -0.155. The smallest absolute Gasteiger partial charge is 0.309 e. The Balaban J connectivity index is 1.88. The summed E-state index contributed by atoms with van der Waals surface area (Å²) in [5.41, 5.74) is 2.17. The van der Waals surface area contributed by atoms with Crippen molar-refractivity contribution in [2.45, 2.75) is 57.2 Å². The van der Waals surface area contributed by atoms with E-state index in [1.54, 1.807) is 0 Å². The first-order chi connectivity index (χ1) is 10.7. The normalized spacial score (nSPS) is 27.5. The molecule has 0 spiro atoms. The van der Waals surface area contributed by atoms with E-state index in [4.69, 9.17) is 4.74 Å². The molecule has 3 nitrogen and oxygen atoms in total. The quantitative estimate of drug-likeness (QED) is 0.865.